The summed E-state index contributed by atoms with van der Waals surface area (Å²) in [7, 11) is 3.07. The molecule has 0 radical (unpaired) electrons. The lowest BCUT2D eigenvalue weighted by Gasteiger charge is -2.37. The summed E-state index contributed by atoms with van der Waals surface area (Å²) in [5, 5.41) is 6.06. The van der Waals surface area contributed by atoms with Crippen molar-refractivity contribution in [2.75, 3.05) is 19.5 Å². The van der Waals surface area contributed by atoms with Crippen LogP contribution in [0.5, 0.6) is 11.5 Å². The van der Waals surface area contributed by atoms with Crippen molar-refractivity contribution in [3.05, 3.63) is 112 Å². The van der Waals surface area contributed by atoms with Gasteiger partial charge in [0.15, 0.2) is 17.3 Å². The molecule has 0 fully saturated rings. The normalized spacial score (nSPS) is 19.0. The molecule has 0 aromatic heterocycles. The van der Waals surface area contributed by atoms with Gasteiger partial charge in [-0.15, -0.1) is 0 Å². The summed E-state index contributed by atoms with van der Waals surface area (Å²) in [6.45, 7) is 1.80. The van der Waals surface area contributed by atoms with Crippen LogP contribution in [0.3, 0.4) is 0 Å². The van der Waals surface area contributed by atoms with Crippen LogP contribution in [0.2, 0.25) is 0 Å². The highest BCUT2D eigenvalue weighted by Gasteiger charge is 2.42. The van der Waals surface area contributed by atoms with Gasteiger partial charge in [-0.1, -0.05) is 54.6 Å². The molecule has 0 bridgehead atoms. The van der Waals surface area contributed by atoms with Gasteiger partial charge in [-0.05, 0) is 43.0 Å². The van der Waals surface area contributed by atoms with Gasteiger partial charge in [0.05, 0.1) is 25.8 Å². The predicted octanol–water partition coefficient (Wildman–Crippen LogP) is 5.84. The van der Waals surface area contributed by atoms with Crippen LogP contribution < -0.4 is 20.1 Å². The van der Waals surface area contributed by atoms with Gasteiger partial charge in [0.25, 0.3) is 5.91 Å². The monoisotopic (exact) mass is 512 g/mol. The van der Waals surface area contributed by atoms with Crippen molar-refractivity contribution in [2.45, 2.75) is 31.6 Å². The standard InChI is InChI=1S/C31H29FN2O4/c1-18-27(31(36)34-23-14-8-7-13-22(23)32)28(21-12-9-15-26(37-2)30(21)38-3)29-24(33-18)16-20(17-25(29)35)19-10-5-4-6-11-19/h4-15,20,28,33H,16-17H2,1-3H3,(H,34,36)/t20-,28-/m1/s1. The number of hydrogen-bond acceptors (Lipinski definition) is 5. The zero-order valence-corrected chi connectivity index (χ0v) is 21.5. The van der Waals surface area contributed by atoms with E-state index >= 15 is 0 Å². The van der Waals surface area contributed by atoms with E-state index in [1.807, 2.05) is 36.4 Å². The van der Waals surface area contributed by atoms with Crippen LogP contribution in [-0.2, 0) is 9.59 Å². The molecule has 1 aliphatic heterocycles. The van der Waals surface area contributed by atoms with Crippen LogP contribution >= 0.6 is 0 Å². The van der Waals surface area contributed by atoms with Crippen molar-refractivity contribution in [3.8, 4) is 11.5 Å². The molecule has 3 aromatic carbocycles. The number of dihydropyridines is 1. The van der Waals surface area contributed by atoms with E-state index in [0.717, 1.165) is 11.3 Å². The molecular weight excluding hydrogens is 483 g/mol. The van der Waals surface area contributed by atoms with Crippen molar-refractivity contribution in [1.29, 1.82) is 0 Å². The molecule has 1 aliphatic carbocycles. The van der Waals surface area contributed by atoms with Gasteiger partial charge < -0.3 is 20.1 Å². The topological polar surface area (TPSA) is 76.7 Å². The van der Waals surface area contributed by atoms with Gasteiger partial charge in [0.1, 0.15) is 5.82 Å². The lowest BCUT2D eigenvalue weighted by atomic mass is 9.71. The number of amides is 1. The fourth-order valence-corrected chi connectivity index (χ4v) is 5.50. The van der Waals surface area contributed by atoms with Crippen molar-refractivity contribution < 1.29 is 23.5 Å². The van der Waals surface area contributed by atoms with Gasteiger partial charge in [0.2, 0.25) is 0 Å². The minimum Gasteiger partial charge on any atom is -0.493 e. The predicted molar refractivity (Wildman–Crippen MR) is 144 cm³/mol. The number of halogens is 1. The molecule has 3 aromatic rings. The third kappa shape index (κ3) is 4.56. The summed E-state index contributed by atoms with van der Waals surface area (Å²) in [6, 6.07) is 21.4. The van der Waals surface area contributed by atoms with E-state index in [2.05, 4.69) is 10.6 Å². The summed E-state index contributed by atoms with van der Waals surface area (Å²) < 4.78 is 25.7. The Kier molecular flexibility index (Phi) is 7.01. The molecule has 0 saturated heterocycles. The van der Waals surface area contributed by atoms with Crippen molar-refractivity contribution in [1.82, 2.24) is 5.32 Å². The lowest BCUT2D eigenvalue weighted by Crippen LogP contribution is -2.37. The molecule has 6 nitrogen and oxygen atoms in total. The average molecular weight is 513 g/mol. The summed E-state index contributed by atoms with van der Waals surface area (Å²) in [5.74, 6) is -0.876. The van der Waals surface area contributed by atoms with E-state index in [0.29, 0.717) is 46.7 Å². The third-order valence-corrected chi connectivity index (χ3v) is 7.21. The van der Waals surface area contributed by atoms with E-state index in [9.17, 15) is 14.0 Å². The maximum atomic E-state index is 14.4. The number of anilines is 1. The second-order valence-corrected chi connectivity index (χ2v) is 9.44. The first kappa shape index (κ1) is 25.3. The van der Waals surface area contributed by atoms with Gasteiger partial charge in [-0.2, -0.15) is 0 Å². The van der Waals surface area contributed by atoms with Crippen LogP contribution in [0.1, 0.15) is 42.7 Å². The highest BCUT2D eigenvalue weighted by Crippen LogP contribution is 2.49. The van der Waals surface area contributed by atoms with E-state index in [1.165, 1.54) is 26.4 Å². The number of nitrogens with one attached hydrogen (secondary N) is 2. The average Bonchev–Trinajstić information content (AvgIpc) is 2.93. The first-order valence-corrected chi connectivity index (χ1v) is 12.5. The zero-order chi connectivity index (χ0) is 26.8. The number of benzene rings is 3. The Morgan fingerprint density at radius 1 is 0.947 bits per heavy atom. The van der Waals surface area contributed by atoms with Gasteiger partial charge in [-0.25, -0.2) is 4.39 Å². The highest BCUT2D eigenvalue weighted by molar-refractivity contribution is 6.10. The number of carbonyl (C=O) groups is 2. The zero-order valence-electron chi connectivity index (χ0n) is 21.5. The highest BCUT2D eigenvalue weighted by atomic mass is 19.1. The summed E-state index contributed by atoms with van der Waals surface area (Å²) in [6.07, 6.45) is 0.933. The van der Waals surface area contributed by atoms with E-state index in [4.69, 9.17) is 9.47 Å². The maximum Gasteiger partial charge on any atom is 0.254 e. The van der Waals surface area contributed by atoms with Gasteiger partial charge in [-0.3, -0.25) is 9.59 Å². The molecule has 2 aliphatic rings. The van der Waals surface area contributed by atoms with Gasteiger partial charge in [0, 0.05) is 34.5 Å². The molecule has 38 heavy (non-hydrogen) atoms. The summed E-state index contributed by atoms with van der Waals surface area (Å²) in [5.41, 5.74) is 4.00. The Labute approximate surface area is 221 Å². The molecule has 194 valence electrons. The maximum absolute atomic E-state index is 14.4. The molecule has 0 spiro atoms. The Morgan fingerprint density at radius 3 is 2.39 bits per heavy atom. The van der Waals surface area contributed by atoms with Crippen molar-refractivity contribution >= 4 is 17.4 Å². The third-order valence-electron chi connectivity index (χ3n) is 7.21. The Hall–Kier alpha value is -4.39. The molecular formula is C31H29FN2O4. The minimum atomic E-state index is -0.729. The van der Waals surface area contributed by atoms with Crippen LogP contribution in [0.15, 0.2) is 95.3 Å². The molecule has 2 atom stereocenters. The SMILES string of the molecule is COc1cccc([C@@H]2C(C(=O)Nc3ccccc3F)=C(C)NC3=C2C(=O)C[C@H](c2ccccc2)C3)c1OC. The largest absolute Gasteiger partial charge is 0.493 e. The number of rotatable bonds is 6. The Balaban J connectivity index is 1.64. The van der Waals surface area contributed by atoms with Crippen LogP contribution in [0.4, 0.5) is 10.1 Å². The first-order chi connectivity index (χ1) is 18.4. The van der Waals surface area contributed by atoms with Crippen molar-refractivity contribution in [2.24, 2.45) is 0 Å². The van der Waals surface area contributed by atoms with E-state index in [-0.39, 0.29) is 17.4 Å². The van der Waals surface area contributed by atoms with Crippen molar-refractivity contribution in [3.63, 3.8) is 0 Å². The summed E-state index contributed by atoms with van der Waals surface area (Å²) in [4.78, 5) is 27.6. The first-order valence-electron chi connectivity index (χ1n) is 12.5. The number of ketones is 1. The van der Waals surface area contributed by atoms with E-state index < -0.39 is 17.6 Å². The number of Topliss-reactive ketones (excluding diaryl/α,β-unsaturated/α-hetero) is 1. The summed E-state index contributed by atoms with van der Waals surface area (Å²) >= 11 is 0. The van der Waals surface area contributed by atoms with Gasteiger partial charge >= 0.3 is 0 Å². The molecule has 1 amide bonds. The lowest BCUT2D eigenvalue weighted by molar-refractivity contribution is -0.116. The molecule has 0 saturated carbocycles. The minimum absolute atomic E-state index is 0.0180. The Bertz CT molecular complexity index is 1460. The quantitative estimate of drug-likeness (QED) is 0.434. The Morgan fingerprint density at radius 2 is 1.68 bits per heavy atom. The number of methoxy groups -OCH3 is 2. The van der Waals surface area contributed by atoms with Crippen LogP contribution in [-0.4, -0.2) is 25.9 Å². The smallest absolute Gasteiger partial charge is 0.254 e. The fourth-order valence-electron chi connectivity index (χ4n) is 5.50. The molecule has 1 heterocycles. The van der Waals surface area contributed by atoms with E-state index in [1.54, 1.807) is 31.2 Å². The second-order valence-electron chi connectivity index (χ2n) is 9.44. The molecule has 7 heteroatoms. The van der Waals surface area contributed by atoms with Crippen LogP contribution in [0, 0.1) is 5.82 Å². The number of carbonyl (C=O) groups excluding carboxylic acids is 2. The second kappa shape index (κ2) is 10.5. The molecule has 2 N–H and O–H groups in total. The number of allylic oxidation sites excluding steroid dienone is 3. The fraction of sp³-hybridized carbons (Fsp3) is 0.226. The number of hydrogen-bond donors (Lipinski definition) is 2. The molecule has 0 unspecified atom stereocenters. The number of ether oxygens (including phenoxy) is 2. The number of para-hydroxylation sites is 2. The van der Waals surface area contributed by atoms with Crippen LogP contribution in [0.25, 0.3) is 0 Å². The molecule has 5 rings (SSSR count).